The van der Waals surface area contributed by atoms with Crippen LogP contribution in [0.15, 0.2) is 66.7 Å². The zero-order chi connectivity index (χ0) is 29.7. The Morgan fingerprint density at radius 2 is 1.59 bits per heavy atom. The van der Waals surface area contributed by atoms with Crippen molar-refractivity contribution in [3.05, 3.63) is 93.7 Å². The van der Waals surface area contributed by atoms with Crippen molar-refractivity contribution < 1.29 is 18.8 Å². The maximum absolute atomic E-state index is 15.7. The van der Waals surface area contributed by atoms with Crippen LogP contribution in [0, 0.1) is 23.1 Å². The number of amides is 2. The van der Waals surface area contributed by atoms with Crippen LogP contribution in [0.3, 0.4) is 0 Å². The molecule has 2 amide bonds. The van der Waals surface area contributed by atoms with Gasteiger partial charge in [-0.05, 0) is 78.8 Å². The Morgan fingerprint density at radius 3 is 2.20 bits per heavy atom. The minimum atomic E-state index is -0.946. The molecule has 41 heavy (non-hydrogen) atoms. The summed E-state index contributed by atoms with van der Waals surface area (Å²) in [4.78, 5) is 39.8. The van der Waals surface area contributed by atoms with Gasteiger partial charge in [-0.1, -0.05) is 62.2 Å². The fourth-order valence-corrected chi connectivity index (χ4v) is 6.77. The average molecular weight is 597 g/mol. The normalized spacial score (nSPS) is 25.1. The fourth-order valence-electron chi connectivity index (χ4n) is 6.40. The number of nitrogens with one attached hydrogen (secondary N) is 3. The summed E-state index contributed by atoms with van der Waals surface area (Å²) in [5.74, 6) is -3.11. The number of halogens is 3. The lowest BCUT2D eigenvalue weighted by Crippen LogP contribution is -2.44. The summed E-state index contributed by atoms with van der Waals surface area (Å²) in [5.41, 5.74) is 0.766. The summed E-state index contributed by atoms with van der Waals surface area (Å²) in [7, 11) is 0. The molecule has 2 aliphatic rings. The number of hydrogen-bond acceptors (Lipinski definition) is 4. The number of Topliss-reactive ketones (excluding diaryl/α,β-unsaturated/α-hetero) is 1. The molecule has 0 bridgehead atoms. The van der Waals surface area contributed by atoms with E-state index in [4.69, 9.17) is 23.2 Å². The molecule has 1 saturated carbocycles. The molecule has 1 spiro atoms. The van der Waals surface area contributed by atoms with Crippen molar-refractivity contribution in [2.75, 3.05) is 10.6 Å². The quantitative estimate of drug-likeness (QED) is 0.265. The second-order valence-electron chi connectivity index (χ2n) is 12.1. The van der Waals surface area contributed by atoms with E-state index in [1.54, 1.807) is 60.7 Å². The molecule has 2 unspecified atom stereocenters. The van der Waals surface area contributed by atoms with Crippen molar-refractivity contribution in [1.82, 2.24) is 5.32 Å². The fraction of sp³-hybridized carbons (Fsp3) is 0.344. The summed E-state index contributed by atoms with van der Waals surface area (Å²) in [6.45, 7) is 7.76. The first-order valence-electron chi connectivity index (χ1n) is 13.5. The van der Waals surface area contributed by atoms with E-state index in [0.717, 1.165) is 0 Å². The largest absolute Gasteiger partial charge is 0.326 e. The SMILES string of the molecule is CC(=O)c1ccc(NC(=O)[C@@H]2NC3(CC3C(C)(C)C)[C@@H](C(=O)Nc3cccc(Cl)c3)[C@H]2c2cccc(Cl)c2F)cc1. The highest BCUT2D eigenvalue weighted by molar-refractivity contribution is 6.31. The van der Waals surface area contributed by atoms with Crippen molar-refractivity contribution in [1.29, 1.82) is 0 Å². The number of ketones is 1. The molecular formula is C32H32Cl2FN3O3. The summed E-state index contributed by atoms with van der Waals surface area (Å²) >= 11 is 12.4. The van der Waals surface area contributed by atoms with Crippen LogP contribution in [0.5, 0.6) is 0 Å². The van der Waals surface area contributed by atoms with Crippen LogP contribution >= 0.6 is 23.2 Å². The molecule has 1 aliphatic heterocycles. The molecule has 214 valence electrons. The van der Waals surface area contributed by atoms with Crippen LogP contribution in [0.4, 0.5) is 15.8 Å². The smallest absolute Gasteiger partial charge is 0.242 e. The Bertz CT molecular complexity index is 1520. The van der Waals surface area contributed by atoms with E-state index in [-0.39, 0.29) is 33.6 Å². The molecule has 2 fully saturated rings. The minimum Gasteiger partial charge on any atom is -0.326 e. The van der Waals surface area contributed by atoms with Crippen molar-refractivity contribution in [2.45, 2.75) is 51.6 Å². The van der Waals surface area contributed by atoms with Crippen molar-refractivity contribution in [3.8, 4) is 0 Å². The predicted octanol–water partition coefficient (Wildman–Crippen LogP) is 7.09. The van der Waals surface area contributed by atoms with Gasteiger partial charge in [-0.15, -0.1) is 0 Å². The average Bonchev–Trinajstić information content (AvgIpc) is 3.53. The first-order chi connectivity index (χ1) is 19.3. The number of hydrogen-bond donors (Lipinski definition) is 3. The van der Waals surface area contributed by atoms with Gasteiger partial charge in [0.2, 0.25) is 11.8 Å². The van der Waals surface area contributed by atoms with Crippen molar-refractivity contribution >= 4 is 52.2 Å². The van der Waals surface area contributed by atoms with Gasteiger partial charge in [0.05, 0.1) is 17.0 Å². The number of rotatable bonds is 6. The number of anilines is 2. The van der Waals surface area contributed by atoms with Gasteiger partial charge in [0.15, 0.2) is 5.78 Å². The van der Waals surface area contributed by atoms with Gasteiger partial charge in [-0.2, -0.15) is 0 Å². The van der Waals surface area contributed by atoms with Gasteiger partial charge in [-0.25, -0.2) is 4.39 Å². The van der Waals surface area contributed by atoms with Gasteiger partial charge in [0.25, 0.3) is 0 Å². The third kappa shape index (κ3) is 5.63. The van der Waals surface area contributed by atoms with Gasteiger partial charge in [0, 0.05) is 33.4 Å². The Kier molecular flexibility index (Phi) is 7.74. The molecule has 9 heteroatoms. The van der Waals surface area contributed by atoms with E-state index >= 15 is 4.39 Å². The van der Waals surface area contributed by atoms with Gasteiger partial charge >= 0.3 is 0 Å². The van der Waals surface area contributed by atoms with E-state index in [0.29, 0.717) is 28.4 Å². The predicted molar refractivity (Wildman–Crippen MR) is 160 cm³/mol. The van der Waals surface area contributed by atoms with Gasteiger partial charge < -0.3 is 10.6 Å². The highest BCUT2D eigenvalue weighted by Gasteiger charge is 2.72. The topological polar surface area (TPSA) is 87.3 Å². The molecule has 1 saturated heterocycles. The van der Waals surface area contributed by atoms with E-state index in [1.165, 1.54) is 13.0 Å². The Labute approximate surface area is 249 Å². The maximum atomic E-state index is 15.7. The molecule has 0 aromatic heterocycles. The van der Waals surface area contributed by atoms with Crippen LogP contribution in [0.2, 0.25) is 10.0 Å². The van der Waals surface area contributed by atoms with E-state index < -0.39 is 35.1 Å². The van der Waals surface area contributed by atoms with Crippen molar-refractivity contribution in [2.24, 2.45) is 17.3 Å². The standard InChI is InChI=1S/C32H32Cl2FN3O3/c1-17(39)18-11-13-20(14-12-18)36-30(41)28-25(22-9-6-10-23(34)27(22)35)26(32(38-28)16-24(32)31(2,3)4)29(40)37-21-8-5-7-19(33)15-21/h5-15,24-26,28,38H,16H2,1-4H3,(H,36,41)(H,37,40)/t24?,25-,26-,28-,32?/m1/s1. The van der Waals surface area contributed by atoms with Crippen molar-refractivity contribution in [3.63, 3.8) is 0 Å². The second kappa shape index (κ2) is 10.9. The summed E-state index contributed by atoms with van der Waals surface area (Å²) in [6, 6.07) is 17.1. The third-order valence-electron chi connectivity index (χ3n) is 8.30. The summed E-state index contributed by atoms with van der Waals surface area (Å²) < 4.78 is 15.7. The monoisotopic (exact) mass is 595 g/mol. The van der Waals surface area contributed by atoms with Crippen LogP contribution in [0.1, 0.15) is 56.0 Å². The van der Waals surface area contributed by atoms with Gasteiger partial charge in [-0.3, -0.25) is 19.7 Å². The Balaban J connectivity index is 1.57. The molecule has 1 aliphatic carbocycles. The molecule has 5 rings (SSSR count). The number of carbonyl (C=O) groups excluding carboxylic acids is 3. The van der Waals surface area contributed by atoms with E-state index in [2.05, 4.69) is 36.7 Å². The highest BCUT2D eigenvalue weighted by Crippen LogP contribution is 2.64. The van der Waals surface area contributed by atoms with E-state index in [1.807, 2.05) is 0 Å². The molecule has 3 aromatic rings. The minimum absolute atomic E-state index is 0.0440. The molecule has 0 radical (unpaired) electrons. The number of carbonyl (C=O) groups is 3. The Morgan fingerprint density at radius 1 is 0.927 bits per heavy atom. The van der Waals surface area contributed by atoms with Gasteiger partial charge in [0.1, 0.15) is 5.82 Å². The second-order valence-corrected chi connectivity index (χ2v) is 12.9. The lowest BCUT2D eigenvalue weighted by Gasteiger charge is -2.28. The van der Waals surface area contributed by atoms with Crippen LogP contribution in [-0.4, -0.2) is 29.2 Å². The van der Waals surface area contributed by atoms with Crippen LogP contribution in [-0.2, 0) is 9.59 Å². The number of benzene rings is 3. The first-order valence-corrected chi connectivity index (χ1v) is 14.3. The first kappa shape index (κ1) is 29.2. The molecule has 1 heterocycles. The molecule has 6 nitrogen and oxygen atoms in total. The molecule has 5 atom stereocenters. The highest BCUT2D eigenvalue weighted by atomic mass is 35.5. The lowest BCUT2D eigenvalue weighted by molar-refractivity contribution is -0.121. The Hall–Kier alpha value is -3.26. The maximum Gasteiger partial charge on any atom is 0.242 e. The summed E-state index contributed by atoms with van der Waals surface area (Å²) in [5, 5.41) is 9.76. The zero-order valence-electron chi connectivity index (χ0n) is 23.2. The van der Waals surface area contributed by atoms with Crippen LogP contribution in [0.25, 0.3) is 0 Å². The molecule has 3 aromatic carbocycles. The molecule has 3 N–H and O–H groups in total. The lowest BCUT2D eigenvalue weighted by atomic mass is 9.76. The third-order valence-corrected chi connectivity index (χ3v) is 8.83. The zero-order valence-corrected chi connectivity index (χ0v) is 24.7. The van der Waals surface area contributed by atoms with Crippen LogP contribution < -0.4 is 16.0 Å². The summed E-state index contributed by atoms with van der Waals surface area (Å²) in [6.07, 6.45) is 0.639. The van der Waals surface area contributed by atoms with E-state index in [9.17, 15) is 14.4 Å². The molecular weight excluding hydrogens is 564 g/mol.